The molecule has 1 fully saturated rings. The van der Waals surface area contributed by atoms with Gasteiger partial charge < -0.3 is 22.1 Å². The summed E-state index contributed by atoms with van der Waals surface area (Å²) in [6, 6.07) is 0. The fourth-order valence-electron chi connectivity index (χ4n) is 1.65. The molecule has 0 bridgehead atoms. The van der Waals surface area contributed by atoms with Crippen molar-refractivity contribution in [3.8, 4) is 0 Å². The number of rotatable bonds is 5. The maximum absolute atomic E-state index is 11.6. The third-order valence-electron chi connectivity index (χ3n) is 2.87. The highest BCUT2D eigenvalue weighted by Crippen LogP contribution is 2.37. The molecule has 18 heavy (non-hydrogen) atoms. The van der Waals surface area contributed by atoms with E-state index in [2.05, 4.69) is 10.6 Å². The van der Waals surface area contributed by atoms with Gasteiger partial charge in [-0.15, -0.1) is 11.3 Å². The highest BCUT2D eigenvalue weighted by Gasteiger charge is 2.26. The lowest BCUT2D eigenvalue weighted by atomic mass is 10.2. The number of nitrogens with one attached hydrogen (secondary N) is 2. The minimum atomic E-state index is -0.614. The number of carbonyl (C=O) groups excluding carboxylic acids is 2. The van der Waals surface area contributed by atoms with E-state index in [0.717, 1.165) is 6.54 Å². The summed E-state index contributed by atoms with van der Waals surface area (Å²) in [7, 11) is 1.52. The molecule has 0 atom stereocenters. The van der Waals surface area contributed by atoms with Gasteiger partial charge in [0, 0.05) is 13.6 Å². The summed E-state index contributed by atoms with van der Waals surface area (Å²) in [5, 5.41) is 6.23. The van der Waals surface area contributed by atoms with Crippen molar-refractivity contribution in [3.05, 3.63) is 10.4 Å². The van der Waals surface area contributed by atoms with Crippen LogP contribution in [0.15, 0.2) is 0 Å². The van der Waals surface area contributed by atoms with Crippen LogP contribution in [0, 0.1) is 5.92 Å². The Balaban J connectivity index is 2.30. The molecular formula is C11H16N4O2S. The van der Waals surface area contributed by atoms with E-state index in [1.54, 1.807) is 0 Å². The van der Waals surface area contributed by atoms with Gasteiger partial charge in [-0.05, 0) is 18.8 Å². The number of primary amides is 1. The molecule has 0 aromatic carbocycles. The molecule has 6 nitrogen and oxygen atoms in total. The second-order valence-electron chi connectivity index (χ2n) is 4.32. The molecule has 0 unspecified atom stereocenters. The molecule has 2 amide bonds. The predicted octanol–water partition coefficient (Wildman–Crippen LogP) is 0.611. The van der Waals surface area contributed by atoms with E-state index in [1.165, 1.54) is 31.2 Å². The van der Waals surface area contributed by atoms with Crippen LogP contribution in [-0.4, -0.2) is 25.4 Å². The largest absolute Gasteiger partial charge is 0.397 e. The molecule has 1 aliphatic rings. The standard InChI is InChI=1S/C11H16N4O2S/c1-14-10(17)8-7(12)6(9(13)16)11(18-8)15-4-5-2-3-5/h5,15H,2-4,12H2,1H3,(H2,13,16)(H,14,17). The first-order valence-corrected chi connectivity index (χ1v) is 6.54. The van der Waals surface area contributed by atoms with Crippen LogP contribution in [0.2, 0.25) is 0 Å². The molecule has 0 saturated heterocycles. The van der Waals surface area contributed by atoms with Crippen molar-refractivity contribution in [3.63, 3.8) is 0 Å². The highest BCUT2D eigenvalue weighted by atomic mass is 32.1. The topological polar surface area (TPSA) is 110 Å². The van der Waals surface area contributed by atoms with Gasteiger partial charge in [0.1, 0.15) is 9.88 Å². The molecule has 1 aromatic heterocycles. The monoisotopic (exact) mass is 268 g/mol. The van der Waals surface area contributed by atoms with Crippen molar-refractivity contribution < 1.29 is 9.59 Å². The smallest absolute Gasteiger partial charge is 0.263 e. The number of nitrogen functional groups attached to an aromatic ring is 1. The van der Waals surface area contributed by atoms with E-state index in [9.17, 15) is 9.59 Å². The number of nitrogens with two attached hydrogens (primary N) is 2. The van der Waals surface area contributed by atoms with Gasteiger partial charge in [0.25, 0.3) is 11.8 Å². The Bertz CT molecular complexity index is 493. The van der Waals surface area contributed by atoms with E-state index in [1.807, 2.05) is 0 Å². The summed E-state index contributed by atoms with van der Waals surface area (Å²) < 4.78 is 0. The van der Waals surface area contributed by atoms with Gasteiger partial charge in [-0.3, -0.25) is 9.59 Å². The number of carbonyl (C=O) groups is 2. The zero-order valence-corrected chi connectivity index (χ0v) is 10.9. The molecule has 6 N–H and O–H groups in total. The number of hydrogen-bond acceptors (Lipinski definition) is 5. The zero-order valence-electron chi connectivity index (χ0n) is 10.1. The van der Waals surface area contributed by atoms with E-state index in [0.29, 0.717) is 15.8 Å². The molecule has 0 spiro atoms. The van der Waals surface area contributed by atoms with Crippen molar-refractivity contribution in [1.82, 2.24) is 5.32 Å². The van der Waals surface area contributed by atoms with Gasteiger partial charge in [-0.25, -0.2) is 0 Å². The van der Waals surface area contributed by atoms with Gasteiger partial charge >= 0.3 is 0 Å². The highest BCUT2D eigenvalue weighted by molar-refractivity contribution is 7.19. The SMILES string of the molecule is CNC(=O)c1sc(NCC2CC2)c(C(N)=O)c1N. The average molecular weight is 268 g/mol. The first kappa shape index (κ1) is 12.7. The Morgan fingerprint density at radius 2 is 2.11 bits per heavy atom. The van der Waals surface area contributed by atoms with Crippen LogP contribution in [0.4, 0.5) is 10.7 Å². The third-order valence-corrected chi connectivity index (χ3v) is 4.04. The summed E-state index contributed by atoms with van der Waals surface area (Å²) in [5.74, 6) is -0.269. The number of anilines is 2. The summed E-state index contributed by atoms with van der Waals surface area (Å²) in [6.45, 7) is 0.785. The molecule has 2 rings (SSSR count). The Labute approximate surface area is 109 Å². The molecule has 0 aliphatic heterocycles. The summed E-state index contributed by atoms with van der Waals surface area (Å²) >= 11 is 1.17. The first-order valence-electron chi connectivity index (χ1n) is 5.72. The minimum Gasteiger partial charge on any atom is -0.397 e. The average Bonchev–Trinajstić information content (AvgIpc) is 3.09. The Kier molecular flexibility index (Phi) is 3.42. The maximum atomic E-state index is 11.6. The Morgan fingerprint density at radius 3 is 2.61 bits per heavy atom. The summed E-state index contributed by atoms with van der Waals surface area (Å²) in [6.07, 6.45) is 2.39. The lowest BCUT2D eigenvalue weighted by Crippen LogP contribution is -2.19. The number of thiophene rings is 1. The van der Waals surface area contributed by atoms with Crippen LogP contribution in [0.3, 0.4) is 0 Å². The third kappa shape index (κ3) is 2.40. The van der Waals surface area contributed by atoms with Gasteiger partial charge in [-0.1, -0.05) is 0 Å². The fourth-order valence-corrected chi connectivity index (χ4v) is 2.73. The second-order valence-corrected chi connectivity index (χ2v) is 5.34. The van der Waals surface area contributed by atoms with E-state index < -0.39 is 5.91 Å². The molecule has 1 saturated carbocycles. The number of amides is 2. The van der Waals surface area contributed by atoms with Crippen molar-refractivity contribution in [2.75, 3.05) is 24.6 Å². The van der Waals surface area contributed by atoms with E-state index in [4.69, 9.17) is 11.5 Å². The van der Waals surface area contributed by atoms with Gasteiger partial charge in [0.2, 0.25) is 0 Å². The van der Waals surface area contributed by atoms with Crippen LogP contribution in [0.5, 0.6) is 0 Å². The summed E-state index contributed by atoms with van der Waals surface area (Å²) in [4.78, 5) is 23.3. The van der Waals surface area contributed by atoms with Crippen LogP contribution >= 0.6 is 11.3 Å². The van der Waals surface area contributed by atoms with Gasteiger partial charge in [0.15, 0.2) is 0 Å². The molecule has 98 valence electrons. The van der Waals surface area contributed by atoms with Crippen molar-refractivity contribution in [2.24, 2.45) is 11.7 Å². The zero-order chi connectivity index (χ0) is 13.3. The van der Waals surface area contributed by atoms with Crippen molar-refractivity contribution in [2.45, 2.75) is 12.8 Å². The first-order chi connectivity index (χ1) is 8.54. The molecule has 1 aromatic rings. The Hall–Kier alpha value is -1.76. The molecule has 7 heteroatoms. The van der Waals surface area contributed by atoms with Crippen molar-refractivity contribution in [1.29, 1.82) is 0 Å². The molecule has 1 heterocycles. The molecular weight excluding hydrogens is 252 g/mol. The fraction of sp³-hybridized carbons (Fsp3) is 0.455. The molecule has 0 radical (unpaired) electrons. The van der Waals surface area contributed by atoms with Gasteiger partial charge in [0.05, 0.1) is 11.3 Å². The van der Waals surface area contributed by atoms with Crippen molar-refractivity contribution >= 4 is 33.8 Å². The predicted molar refractivity (Wildman–Crippen MR) is 71.9 cm³/mol. The van der Waals surface area contributed by atoms with Gasteiger partial charge in [-0.2, -0.15) is 0 Å². The van der Waals surface area contributed by atoms with Crippen LogP contribution in [-0.2, 0) is 0 Å². The minimum absolute atomic E-state index is 0.158. The summed E-state index contributed by atoms with van der Waals surface area (Å²) in [5.41, 5.74) is 11.5. The number of hydrogen-bond donors (Lipinski definition) is 4. The van der Waals surface area contributed by atoms with Crippen LogP contribution < -0.4 is 22.1 Å². The van der Waals surface area contributed by atoms with Crippen LogP contribution in [0.1, 0.15) is 32.9 Å². The normalized spacial score (nSPS) is 14.3. The lowest BCUT2D eigenvalue weighted by Gasteiger charge is -2.04. The van der Waals surface area contributed by atoms with Crippen LogP contribution in [0.25, 0.3) is 0 Å². The quantitative estimate of drug-likeness (QED) is 0.627. The second kappa shape index (κ2) is 4.85. The van der Waals surface area contributed by atoms with E-state index >= 15 is 0 Å². The van der Waals surface area contributed by atoms with E-state index in [-0.39, 0.29) is 17.2 Å². The Morgan fingerprint density at radius 1 is 1.44 bits per heavy atom. The lowest BCUT2D eigenvalue weighted by molar-refractivity contribution is 0.0967. The maximum Gasteiger partial charge on any atom is 0.263 e. The molecule has 1 aliphatic carbocycles.